The molecule has 0 aliphatic carbocycles. The lowest BCUT2D eigenvalue weighted by Gasteiger charge is -2.27. The van der Waals surface area contributed by atoms with Gasteiger partial charge in [0.1, 0.15) is 11.7 Å². The van der Waals surface area contributed by atoms with Crippen LogP contribution in [0, 0.1) is 5.92 Å². The van der Waals surface area contributed by atoms with E-state index >= 15 is 0 Å². The maximum Gasteiger partial charge on any atom is 0.408 e. The van der Waals surface area contributed by atoms with Crippen LogP contribution >= 0.6 is 0 Å². The standard InChI is InChI=1S/C14H25NO4/c1-9(2)8-10(11-6-7-12(16)18-11)15-13(17)19-14(3,4)5/h9-11H,6-8H2,1-5H3,(H,15,17)/t10-,11?/m0/s1. The molecule has 0 spiro atoms. The fourth-order valence-corrected chi connectivity index (χ4v) is 2.10. The molecule has 0 aromatic heterocycles. The molecule has 0 saturated carbocycles. The minimum Gasteiger partial charge on any atom is -0.460 e. The molecule has 0 radical (unpaired) electrons. The number of cyclic esters (lactones) is 1. The van der Waals surface area contributed by atoms with E-state index in [1.165, 1.54) is 0 Å². The van der Waals surface area contributed by atoms with Crippen molar-refractivity contribution in [2.75, 3.05) is 0 Å². The van der Waals surface area contributed by atoms with Crippen LogP contribution in [0.25, 0.3) is 0 Å². The Hall–Kier alpha value is -1.26. The van der Waals surface area contributed by atoms with Gasteiger partial charge in [0.2, 0.25) is 0 Å². The minimum absolute atomic E-state index is 0.179. The van der Waals surface area contributed by atoms with E-state index in [0.29, 0.717) is 18.8 Å². The van der Waals surface area contributed by atoms with Gasteiger partial charge in [-0.1, -0.05) is 13.8 Å². The predicted octanol–water partition coefficient (Wildman–Crippen LogP) is 2.63. The second kappa shape index (κ2) is 6.26. The highest BCUT2D eigenvalue weighted by Crippen LogP contribution is 2.22. The molecule has 0 aromatic rings. The Morgan fingerprint density at radius 1 is 1.47 bits per heavy atom. The van der Waals surface area contributed by atoms with Crippen LogP contribution < -0.4 is 5.32 Å². The first-order chi connectivity index (χ1) is 8.67. The van der Waals surface area contributed by atoms with E-state index in [1.807, 2.05) is 20.8 Å². The van der Waals surface area contributed by atoms with Crippen LogP contribution in [0.3, 0.4) is 0 Å². The summed E-state index contributed by atoms with van der Waals surface area (Å²) in [7, 11) is 0. The van der Waals surface area contributed by atoms with Gasteiger partial charge in [-0.25, -0.2) is 4.79 Å². The van der Waals surface area contributed by atoms with Crippen molar-refractivity contribution in [3.8, 4) is 0 Å². The Morgan fingerprint density at radius 2 is 2.11 bits per heavy atom. The molecule has 5 heteroatoms. The number of carbonyl (C=O) groups excluding carboxylic acids is 2. The van der Waals surface area contributed by atoms with Crippen LogP contribution in [0.5, 0.6) is 0 Å². The second-order valence-electron chi connectivity index (χ2n) is 6.45. The molecule has 1 aliphatic rings. The number of rotatable bonds is 4. The van der Waals surface area contributed by atoms with Crippen molar-refractivity contribution in [2.24, 2.45) is 5.92 Å². The molecule has 0 aromatic carbocycles. The summed E-state index contributed by atoms with van der Waals surface area (Å²) in [6, 6.07) is -0.179. The molecular weight excluding hydrogens is 246 g/mol. The molecule has 110 valence electrons. The third-order valence-corrected chi connectivity index (χ3v) is 2.79. The summed E-state index contributed by atoms with van der Waals surface area (Å²) < 4.78 is 10.5. The smallest absolute Gasteiger partial charge is 0.408 e. The second-order valence-corrected chi connectivity index (χ2v) is 6.45. The quantitative estimate of drug-likeness (QED) is 0.798. The summed E-state index contributed by atoms with van der Waals surface area (Å²) in [5, 5.41) is 2.83. The average Bonchev–Trinajstić information content (AvgIpc) is 2.60. The third kappa shape index (κ3) is 5.94. The number of hydrogen-bond acceptors (Lipinski definition) is 4. The first kappa shape index (κ1) is 15.8. The van der Waals surface area contributed by atoms with Gasteiger partial charge in [-0.05, 0) is 39.5 Å². The number of hydrogen-bond donors (Lipinski definition) is 1. The van der Waals surface area contributed by atoms with Crippen LogP contribution in [0.15, 0.2) is 0 Å². The van der Waals surface area contributed by atoms with Crippen molar-refractivity contribution < 1.29 is 19.1 Å². The molecule has 2 atom stereocenters. The van der Waals surface area contributed by atoms with E-state index in [0.717, 1.165) is 6.42 Å². The monoisotopic (exact) mass is 271 g/mol. The molecular formula is C14H25NO4. The van der Waals surface area contributed by atoms with Crippen molar-refractivity contribution in [3.05, 3.63) is 0 Å². The number of esters is 1. The highest BCUT2D eigenvalue weighted by Gasteiger charge is 2.33. The summed E-state index contributed by atoms with van der Waals surface area (Å²) in [5.41, 5.74) is -0.529. The van der Waals surface area contributed by atoms with Crippen LogP contribution in [0.1, 0.15) is 53.9 Å². The van der Waals surface area contributed by atoms with Gasteiger partial charge < -0.3 is 14.8 Å². The lowest BCUT2D eigenvalue weighted by molar-refractivity contribution is -0.142. The van der Waals surface area contributed by atoms with Crippen LogP contribution in [-0.2, 0) is 14.3 Å². The molecule has 0 bridgehead atoms. The summed E-state index contributed by atoms with van der Waals surface area (Å²) >= 11 is 0. The highest BCUT2D eigenvalue weighted by atomic mass is 16.6. The first-order valence-corrected chi connectivity index (χ1v) is 6.86. The Bertz CT molecular complexity index is 333. The maximum absolute atomic E-state index is 11.8. The molecule has 1 amide bonds. The lowest BCUT2D eigenvalue weighted by atomic mass is 9.97. The summed E-state index contributed by atoms with van der Waals surface area (Å²) in [6.45, 7) is 9.60. The number of alkyl carbamates (subject to hydrolysis) is 1. The Kier molecular flexibility index (Phi) is 5.20. The Labute approximate surface area is 115 Å². The maximum atomic E-state index is 11.8. The number of amides is 1. The van der Waals surface area contributed by atoms with Crippen LogP contribution in [-0.4, -0.2) is 29.8 Å². The first-order valence-electron chi connectivity index (χ1n) is 6.86. The highest BCUT2D eigenvalue weighted by molar-refractivity contribution is 5.72. The SMILES string of the molecule is CC(C)C[C@H](NC(=O)OC(C)(C)C)C1CCC(=O)O1. The zero-order chi connectivity index (χ0) is 14.6. The molecule has 19 heavy (non-hydrogen) atoms. The zero-order valence-corrected chi connectivity index (χ0v) is 12.5. The van der Waals surface area contributed by atoms with Gasteiger partial charge in [0.15, 0.2) is 0 Å². The van der Waals surface area contributed by atoms with Crippen molar-refractivity contribution in [1.29, 1.82) is 0 Å². The number of ether oxygens (including phenoxy) is 2. The Balaban J connectivity index is 2.59. The Morgan fingerprint density at radius 3 is 2.53 bits per heavy atom. The van der Waals surface area contributed by atoms with E-state index in [2.05, 4.69) is 19.2 Å². The topological polar surface area (TPSA) is 64.6 Å². The molecule has 1 saturated heterocycles. The van der Waals surface area contributed by atoms with Gasteiger partial charge in [-0.2, -0.15) is 0 Å². The molecule has 1 fully saturated rings. The van der Waals surface area contributed by atoms with Gasteiger partial charge in [0.25, 0.3) is 0 Å². The lowest BCUT2D eigenvalue weighted by Crippen LogP contribution is -2.46. The van der Waals surface area contributed by atoms with E-state index in [1.54, 1.807) is 0 Å². The van der Waals surface area contributed by atoms with Gasteiger partial charge in [-0.3, -0.25) is 4.79 Å². The zero-order valence-electron chi connectivity index (χ0n) is 12.5. The van der Waals surface area contributed by atoms with Crippen molar-refractivity contribution in [2.45, 2.75) is 71.6 Å². The average molecular weight is 271 g/mol. The fraction of sp³-hybridized carbons (Fsp3) is 0.857. The van der Waals surface area contributed by atoms with E-state index < -0.39 is 11.7 Å². The molecule has 1 heterocycles. The van der Waals surface area contributed by atoms with Crippen molar-refractivity contribution >= 4 is 12.1 Å². The van der Waals surface area contributed by atoms with Crippen molar-refractivity contribution in [3.63, 3.8) is 0 Å². The molecule has 1 N–H and O–H groups in total. The normalized spacial score (nSPS) is 21.2. The molecule has 1 aliphatic heterocycles. The van der Waals surface area contributed by atoms with E-state index in [4.69, 9.17) is 9.47 Å². The summed E-state index contributed by atoms with van der Waals surface area (Å²) in [6.07, 6.45) is 1.15. The fourth-order valence-electron chi connectivity index (χ4n) is 2.10. The van der Waals surface area contributed by atoms with Gasteiger partial charge >= 0.3 is 12.1 Å². The summed E-state index contributed by atoms with van der Waals surface area (Å²) in [5.74, 6) is 0.212. The summed E-state index contributed by atoms with van der Waals surface area (Å²) in [4.78, 5) is 23.0. The van der Waals surface area contributed by atoms with Gasteiger partial charge in [0, 0.05) is 6.42 Å². The van der Waals surface area contributed by atoms with Gasteiger partial charge in [0.05, 0.1) is 6.04 Å². The largest absolute Gasteiger partial charge is 0.460 e. The van der Waals surface area contributed by atoms with Crippen LogP contribution in [0.2, 0.25) is 0 Å². The van der Waals surface area contributed by atoms with Crippen LogP contribution in [0.4, 0.5) is 4.79 Å². The minimum atomic E-state index is -0.529. The predicted molar refractivity (Wildman–Crippen MR) is 71.7 cm³/mol. The van der Waals surface area contributed by atoms with E-state index in [-0.39, 0.29) is 18.1 Å². The number of nitrogens with one attached hydrogen (secondary N) is 1. The van der Waals surface area contributed by atoms with Gasteiger partial charge in [-0.15, -0.1) is 0 Å². The number of carbonyl (C=O) groups is 2. The molecule has 5 nitrogen and oxygen atoms in total. The van der Waals surface area contributed by atoms with E-state index in [9.17, 15) is 9.59 Å². The third-order valence-electron chi connectivity index (χ3n) is 2.79. The molecule has 1 unspecified atom stereocenters. The molecule has 1 rings (SSSR count). The van der Waals surface area contributed by atoms with Crippen molar-refractivity contribution in [1.82, 2.24) is 5.32 Å².